The smallest absolute Gasteiger partial charge is 0.265 e. The van der Waals surface area contributed by atoms with Gasteiger partial charge in [-0.15, -0.1) is 0 Å². The van der Waals surface area contributed by atoms with E-state index in [1.165, 1.54) is 5.56 Å². The molecule has 0 saturated heterocycles. The molecule has 0 fully saturated rings. The van der Waals surface area contributed by atoms with E-state index in [2.05, 4.69) is 48.2 Å². The Morgan fingerprint density at radius 2 is 1.28 bits per heavy atom. The Morgan fingerprint density at radius 3 is 1.86 bits per heavy atom. The van der Waals surface area contributed by atoms with Crippen molar-refractivity contribution in [2.45, 2.75) is 19.9 Å². The van der Waals surface area contributed by atoms with Gasteiger partial charge in [0.1, 0.15) is 5.75 Å². The Bertz CT molecular complexity index is 1460. The largest absolute Gasteiger partial charge is 0.432 e. The maximum absolute atomic E-state index is 6.16. The molecule has 0 spiro atoms. The molecule has 0 bridgehead atoms. The van der Waals surface area contributed by atoms with Crippen molar-refractivity contribution in [2.75, 3.05) is 6.54 Å². The molecule has 0 aliphatic carbocycles. The van der Waals surface area contributed by atoms with Gasteiger partial charge in [-0.2, -0.15) is 0 Å². The average Bonchev–Trinajstić information content (AvgIpc) is 2.93. The molecule has 4 aromatic carbocycles. The molecule has 0 aliphatic heterocycles. The van der Waals surface area contributed by atoms with Crippen molar-refractivity contribution in [1.29, 1.82) is 0 Å². The molecule has 0 unspecified atom stereocenters. The van der Waals surface area contributed by atoms with Gasteiger partial charge in [-0.1, -0.05) is 97.9 Å². The molecule has 0 N–H and O–H groups in total. The lowest BCUT2D eigenvalue weighted by molar-refractivity contribution is 0.345. The minimum absolute atomic E-state index is 0.456. The zero-order valence-electron chi connectivity index (χ0n) is 20.2. The van der Waals surface area contributed by atoms with E-state index in [1.54, 1.807) is 0 Å². The van der Waals surface area contributed by atoms with Crippen LogP contribution in [-0.2, 0) is 6.54 Å². The highest BCUT2D eigenvalue weighted by molar-refractivity contribution is 7.80. The van der Waals surface area contributed by atoms with Crippen LogP contribution in [0.5, 0.6) is 5.75 Å². The number of fused-ring (bicyclic) bond motifs is 1. The summed E-state index contributed by atoms with van der Waals surface area (Å²) >= 11 is 5.70. The number of thiocarbonyl (C=S) groups is 1. The third kappa shape index (κ3) is 5.42. The summed E-state index contributed by atoms with van der Waals surface area (Å²) in [6.07, 6.45) is 0.974. The van der Waals surface area contributed by atoms with Crippen molar-refractivity contribution in [2.24, 2.45) is 0 Å². The molecule has 178 valence electrons. The van der Waals surface area contributed by atoms with Crippen LogP contribution in [0.1, 0.15) is 18.9 Å². The van der Waals surface area contributed by atoms with Gasteiger partial charge in [0.25, 0.3) is 5.17 Å². The normalized spacial score (nSPS) is 10.8. The van der Waals surface area contributed by atoms with Crippen LogP contribution >= 0.6 is 12.2 Å². The molecular weight excluding hydrogens is 462 g/mol. The predicted octanol–water partition coefficient (Wildman–Crippen LogP) is 7.54. The minimum Gasteiger partial charge on any atom is -0.432 e. The van der Waals surface area contributed by atoms with Crippen LogP contribution in [0, 0.1) is 0 Å². The highest BCUT2D eigenvalue weighted by Crippen LogP contribution is 2.32. The fraction of sp³-hybridized carbons (Fsp3) is 0.129. The second kappa shape index (κ2) is 11.1. The first-order chi connectivity index (χ1) is 17.7. The first-order valence-electron chi connectivity index (χ1n) is 12.1. The van der Waals surface area contributed by atoms with Gasteiger partial charge >= 0.3 is 0 Å². The van der Waals surface area contributed by atoms with Crippen LogP contribution in [-0.4, -0.2) is 26.6 Å². The zero-order chi connectivity index (χ0) is 24.7. The summed E-state index contributed by atoms with van der Waals surface area (Å²) in [5, 5.41) is 0.456. The standard InChI is InChI=1S/C31H27N3OS/c1-2-20-34(22-23-12-6-3-7-13-23)31(36)35-26-18-19-27-28(21-26)33-30(25-16-10-5-11-17-25)29(32-27)24-14-8-4-9-15-24/h3-19,21H,2,20,22H2,1H3. The summed E-state index contributed by atoms with van der Waals surface area (Å²) in [6, 6.07) is 36.4. The van der Waals surface area contributed by atoms with Gasteiger partial charge in [-0.05, 0) is 36.3 Å². The van der Waals surface area contributed by atoms with Crippen LogP contribution in [0.4, 0.5) is 0 Å². The molecule has 0 amide bonds. The molecule has 0 atom stereocenters. The first kappa shape index (κ1) is 23.6. The lowest BCUT2D eigenvalue weighted by Crippen LogP contribution is -2.33. The number of ether oxygens (including phenoxy) is 1. The molecule has 0 aliphatic rings. The Kier molecular flexibility index (Phi) is 7.29. The first-order valence-corrected chi connectivity index (χ1v) is 12.6. The monoisotopic (exact) mass is 489 g/mol. The van der Waals surface area contributed by atoms with Crippen LogP contribution in [0.25, 0.3) is 33.5 Å². The molecule has 4 nitrogen and oxygen atoms in total. The van der Waals surface area contributed by atoms with Gasteiger partial charge in [0.05, 0.1) is 22.4 Å². The van der Waals surface area contributed by atoms with E-state index in [-0.39, 0.29) is 0 Å². The third-order valence-electron chi connectivity index (χ3n) is 5.90. The molecule has 36 heavy (non-hydrogen) atoms. The number of nitrogens with zero attached hydrogens (tertiary/aromatic N) is 3. The topological polar surface area (TPSA) is 38.2 Å². The fourth-order valence-electron chi connectivity index (χ4n) is 4.17. The fourth-order valence-corrected chi connectivity index (χ4v) is 4.42. The van der Waals surface area contributed by atoms with Crippen molar-refractivity contribution in [3.63, 3.8) is 0 Å². The summed E-state index contributed by atoms with van der Waals surface area (Å²) in [6.45, 7) is 3.67. The number of hydrogen-bond acceptors (Lipinski definition) is 4. The number of aromatic nitrogens is 2. The molecular formula is C31H27N3OS. The van der Waals surface area contributed by atoms with Crippen LogP contribution in [0.15, 0.2) is 109 Å². The predicted molar refractivity (Wildman–Crippen MR) is 151 cm³/mol. The highest BCUT2D eigenvalue weighted by atomic mass is 32.1. The second-order valence-electron chi connectivity index (χ2n) is 8.58. The minimum atomic E-state index is 0.456. The van der Waals surface area contributed by atoms with Crippen LogP contribution in [0.3, 0.4) is 0 Å². The van der Waals surface area contributed by atoms with E-state index < -0.39 is 0 Å². The van der Waals surface area contributed by atoms with Crippen molar-refractivity contribution in [3.05, 3.63) is 115 Å². The molecule has 0 saturated carbocycles. The molecule has 5 aromatic rings. The van der Waals surface area contributed by atoms with Crippen molar-refractivity contribution < 1.29 is 4.74 Å². The SMILES string of the molecule is CCCN(Cc1ccccc1)C(=S)Oc1ccc2nc(-c3ccccc3)c(-c3ccccc3)nc2c1. The maximum atomic E-state index is 6.16. The van der Waals surface area contributed by atoms with E-state index in [1.807, 2.05) is 72.8 Å². The van der Waals surface area contributed by atoms with Gasteiger partial charge < -0.3 is 9.64 Å². The number of rotatable bonds is 7. The van der Waals surface area contributed by atoms with Crippen molar-refractivity contribution in [1.82, 2.24) is 14.9 Å². The summed E-state index contributed by atoms with van der Waals surface area (Å²) in [4.78, 5) is 12.1. The summed E-state index contributed by atoms with van der Waals surface area (Å²) in [5.41, 5.74) is 6.51. The second-order valence-corrected chi connectivity index (χ2v) is 8.93. The Hall–Kier alpha value is -4.09. The summed E-state index contributed by atoms with van der Waals surface area (Å²) in [5.74, 6) is 0.655. The Labute approximate surface area is 217 Å². The van der Waals surface area contributed by atoms with Crippen LogP contribution in [0.2, 0.25) is 0 Å². The molecule has 5 rings (SSSR count). The Balaban J connectivity index is 1.48. The van der Waals surface area contributed by atoms with Crippen molar-refractivity contribution >= 4 is 28.4 Å². The molecule has 0 radical (unpaired) electrons. The summed E-state index contributed by atoms with van der Waals surface area (Å²) in [7, 11) is 0. The molecule has 5 heteroatoms. The van der Waals surface area contributed by atoms with E-state index in [0.29, 0.717) is 17.5 Å². The quantitative estimate of drug-likeness (QED) is 0.221. The van der Waals surface area contributed by atoms with Crippen molar-refractivity contribution in [3.8, 4) is 28.3 Å². The average molecular weight is 490 g/mol. The van der Waals surface area contributed by atoms with Gasteiger partial charge in [0.15, 0.2) is 0 Å². The van der Waals surface area contributed by atoms with Gasteiger partial charge in [0.2, 0.25) is 0 Å². The molecule has 1 heterocycles. The van der Waals surface area contributed by atoms with E-state index in [4.69, 9.17) is 26.9 Å². The third-order valence-corrected chi connectivity index (χ3v) is 6.24. The van der Waals surface area contributed by atoms with Gasteiger partial charge in [-0.3, -0.25) is 0 Å². The number of benzene rings is 4. The van der Waals surface area contributed by atoms with Gasteiger partial charge in [0, 0.05) is 30.3 Å². The van der Waals surface area contributed by atoms with Crippen LogP contribution < -0.4 is 4.74 Å². The lowest BCUT2D eigenvalue weighted by atomic mass is 10.0. The lowest BCUT2D eigenvalue weighted by Gasteiger charge is -2.24. The maximum Gasteiger partial charge on any atom is 0.265 e. The van der Waals surface area contributed by atoms with Gasteiger partial charge in [-0.25, -0.2) is 9.97 Å². The van der Waals surface area contributed by atoms with E-state index >= 15 is 0 Å². The number of hydrogen-bond donors (Lipinski definition) is 0. The Morgan fingerprint density at radius 1 is 0.722 bits per heavy atom. The van der Waals surface area contributed by atoms with E-state index in [9.17, 15) is 0 Å². The summed E-state index contributed by atoms with van der Waals surface area (Å²) < 4.78 is 6.16. The van der Waals surface area contributed by atoms with E-state index in [0.717, 1.165) is 46.5 Å². The molecule has 1 aromatic heterocycles. The highest BCUT2D eigenvalue weighted by Gasteiger charge is 2.15. The zero-order valence-corrected chi connectivity index (χ0v) is 21.0.